The van der Waals surface area contributed by atoms with Crippen molar-refractivity contribution in [2.24, 2.45) is 11.8 Å². The highest BCUT2D eigenvalue weighted by molar-refractivity contribution is 6.05. The maximum Gasteiger partial charge on any atom is 0.233 e. The molecule has 3 aliphatic rings. The number of likely N-dealkylation sites (tertiary alicyclic amines) is 1. The molecular weight excluding hydrogens is 398 g/mol. The second-order valence-electron chi connectivity index (χ2n) is 9.08. The van der Waals surface area contributed by atoms with E-state index in [0.717, 1.165) is 52.0 Å². The summed E-state index contributed by atoms with van der Waals surface area (Å²) in [7, 11) is 0. The van der Waals surface area contributed by atoms with Gasteiger partial charge in [0, 0.05) is 38.4 Å². The van der Waals surface area contributed by atoms with Crippen LogP contribution in [-0.2, 0) is 9.59 Å². The van der Waals surface area contributed by atoms with Crippen LogP contribution < -0.4 is 4.90 Å². The number of carbonyl (C=O) groups excluding carboxylic acids is 2. The van der Waals surface area contributed by atoms with E-state index in [0.29, 0.717) is 6.54 Å². The zero-order valence-corrected chi connectivity index (χ0v) is 18.5. The van der Waals surface area contributed by atoms with Crippen molar-refractivity contribution in [3.05, 3.63) is 66.7 Å². The predicted molar refractivity (Wildman–Crippen MR) is 127 cm³/mol. The molecular formula is C27H31N3O2. The zero-order valence-electron chi connectivity index (χ0n) is 18.5. The molecule has 2 fully saturated rings. The van der Waals surface area contributed by atoms with E-state index < -0.39 is 0 Å². The molecule has 2 amide bonds. The van der Waals surface area contributed by atoms with Gasteiger partial charge in [-0.2, -0.15) is 0 Å². The number of fused-ring (bicyclic) bond motifs is 1. The normalized spacial score (nSPS) is 23.6. The van der Waals surface area contributed by atoms with Crippen molar-refractivity contribution >= 4 is 17.5 Å². The quantitative estimate of drug-likeness (QED) is 0.517. The van der Waals surface area contributed by atoms with Crippen LogP contribution >= 0.6 is 0 Å². The SMILES string of the molecule is O=C1C2CC=CCC2C(=O)N1CCCN1CCN(c2ccc(-c3ccccc3)cc2)CC1. The van der Waals surface area contributed by atoms with Gasteiger partial charge in [-0.1, -0.05) is 54.6 Å². The fraction of sp³-hybridized carbons (Fsp3) is 0.407. The molecule has 2 saturated heterocycles. The fourth-order valence-corrected chi connectivity index (χ4v) is 5.27. The number of piperazine rings is 1. The van der Waals surface area contributed by atoms with Gasteiger partial charge < -0.3 is 4.90 Å². The first-order valence-electron chi connectivity index (χ1n) is 11.8. The molecule has 2 heterocycles. The lowest BCUT2D eigenvalue weighted by Gasteiger charge is -2.36. The monoisotopic (exact) mass is 429 g/mol. The summed E-state index contributed by atoms with van der Waals surface area (Å²) in [6.45, 7) is 5.52. The van der Waals surface area contributed by atoms with Crippen molar-refractivity contribution in [3.8, 4) is 11.1 Å². The van der Waals surface area contributed by atoms with Gasteiger partial charge in [0.15, 0.2) is 0 Å². The molecule has 0 aromatic heterocycles. The summed E-state index contributed by atoms with van der Waals surface area (Å²) in [5, 5.41) is 0. The minimum atomic E-state index is -0.107. The summed E-state index contributed by atoms with van der Waals surface area (Å²) in [6.07, 6.45) is 6.39. The van der Waals surface area contributed by atoms with E-state index in [9.17, 15) is 9.59 Å². The molecule has 1 aliphatic carbocycles. The van der Waals surface area contributed by atoms with E-state index in [-0.39, 0.29) is 23.7 Å². The number of anilines is 1. The summed E-state index contributed by atoms with van der Waals surface area (Å²) < 4.78 is 0. The molecule has 0 spiro atoms. The number of hydrogen-bond donors (Lipinski definition) is 0. The Kier molecular flexibility index (Phi) is 6.08. The van der Waals surface area contributed by atoms with Crippen molar-refractivity contribution in [1.82, 2.24) is 9.80 Å². The lowest BCUT2D eigenvalue weighted by molar-refractivity contribution is -0.140. The van der Waals surface area contributed by atoms with E-state index in [4.69, 9.17) is 0 Å². The largest absolute Gasteiger partial charge is 0.369 e. The smallest absolute Gasteiger partial charge is 0.233 e. The average molecular weight is 430 g/mol. The number of allylic oxidation sites excluding steroid dienone is 2. The van der Waals surface area contributed by atoms with Crippen LogP contribution in [0.1, 0.15) is 19.3 Å². The van der Waals surface area contributed by atoms with Gasteiger partial charge in [0.2, 0.25) is 11.8 Å². The molecule has 0 radical (unpaired) electrons. The summed E-state index contributed by atoms with van der Waals surface area (Å²) in [6, 6.07) is 19.3. The Balaban J connectivity index is 1.08. The molecule has 166 valence electrons. The second kappa shape index (κ2) is 9.29. The number of amides is 2. The highest BCUT2D eigenvalue weighted by Gasteiger charge is 2.46. The fourth-order valence-electron chi connectivity index (χ4n) is 5.27. The number of hydrogen-bond acceptors (Lipinski definition) is 4. The third kappa shape index (κ3) is 4.22. The van der Waals surface area contributed by atoms with Gasteiger partial charge in [-0.25, -0.2) is 0 Å². The molecule has 2 atom stereocenters. The number of nitrogens with zero attached hydrogens (tertiary/aromatic N) is 3. The van der Waals surface area contributed by atoms with Gasteiger partial charge in [-0.15, -0.1) is 0 Å². The summed E-state index contributed by atoms with van der Waals surface area (Å²) >= 11 is 0. The Hall–Kier alpha value is -2.92. The number of benzene rings is 2. The van der Waals surface area contributed by atoms with Gasteiger partial charge in [-0.05, 0) is 49.1 Å². The predicted octanol–water partition coefficient (Wildman–Crippen LogP) is 3.82. The van der Waals surface area contributed by atoms with E-state index >= 15 is 0 Å². The third-order valence-electron chi connectivity index (χ3n) is 7.17. The summed E-state index contributed by atoms with van der Waals surface area (Å²) in [5.41, 5.74) is 3.76. The van der Waals surface area contributed by atoms with Crippen LogP contribution in [0.4, 0.5) is 5.69 Å². The van der Waals surface area contributed by atoms with Crippen LogP contribution in [0.25, 0.3) is 11.1 Å². The van der Waals surface area contributed by atoms with Crippen LogP contribution in [0, 0.1) is 11.8 Å². The molecule has 0 N–H and O–H groups in total. The topological polar surface area (TPSA) is 43.9 Å². The summed E-state index contributed by atoms with van der Waals surface area (Å²) in [5.74, 6) is -0.116. The highest BCUT2D eigenvalue weighted by atomic mass is 16.2. The molecule has 2 aliphatic heterocycles. The van der Waals surface area contributed by atoms with Crippen LogP contribution in [-0.4, -0.2) is 60.9 Å². The van der Waals surface area contributed by atoms with E-state index in [1.807, 2.05) is 18.2 Å². The Bertz CT molecular complexity index is 952. The molecule has 32 heavy (non-hydrogen) atoms. The maximum absolute atomic E-state index is 12.6. The molecule has 5 rings (SSSR count). The zero-order chi connectivity index (χ0) is 21.9. The van der Waals surface area contributed by atoms with E-state index in [2.05, 4.69) is 58.3 Å². The standard InChI is InChI=1S/C27H31N3O2/c31-26-24-9-4-5-10-25(24)27(32)30(26)16-6-15-28-17-19-29(20-18-28)23-13-11-22(12-14-23)21-7-2-1-3-8-21/h1-5,7-8,11-14,24-25H,6,9-10,15-20H2. The van der Waals surface area contributed by atoms with Crippen molar-refractivity contribution < 1.29 is 9.59 Å². The Labute approximate surface area is 190 Å². The van der Waals surface area contributed by atoms with Crippen molar-refractivity contribution in [3.63, 3.8) is 0 Å². The first kappa shape index (κ1) is 21.0. The Morgan fingerprint density at radius 3 is 1.91 bits per heavy atom. The molecule has 5 heteroatoms. The van der Waals surface area contributed by atoms with Crippen molar-refractivity contribution in [1.29, 1.82) is 0 Å². The molecule has 0 saturated carbocycles. The first-order valence-corrected chi connectivity index (χ1v) is 11.8. The highest BCUT2D eigenvalue weighted by Crippen LogP contribution is 2.35. The first-order chi connectivity index (χ1) is 15.7. The molecule has 2 aromatic rings. The average Bonchev–Trinajstić information content (AvgIpc) is 3.10. The maximum atomic E-state index is 12.6. The van der Waals surface area contributed by atoms with E-state index in [1.165, 1.54) is 21.7 Å². The number of rotatable bonds is 6. The van der Waals surface area contributed by atoms with Crippen LogP contribution in [0.5, 0.6) is 0 Å². The van der Waals surface area contributed by atoms with Crippen molar-refractivity contribution in [2.75, 3.05) is 44.2 Å². The van der Waals surface area contributed by atoms with Gasteiger partial charge >= 0.3 is 0 Å². The molecule has 2 aromatic carbocycles. The number of imide groups is 1. The van der Waals surface area contributed by atoms with Crippen LogP contribution in [0.15, 0.2) is 66.7 Å². The minimum absolute atomic E-state index is 0.0492. The Morgan fingerprint density at radius 2 is 1.28 bits per heavy atom. The Morgan fingerprint density at radius 1 is 0.688 bits per heavy atom. The third-order valence-corrected chi connectivity index (χ3v) is 7.17. The second-order valence-corrected chi connectivity index (χ2v) is 9.08. The summed E-state index contributed by atoms with van der Waals surface area (Å²) in [4.78, 5) is 31.6. The van der Waals surface area contributed by atoms with Crippen LogP contribution in [0.2, 0.25) is 0 Å². The van der Waals surface area contributed by atoms with E-state index in [1.54, 1.807) is 0 Å². The lowest BCUT2D eigenvalue weighted by Crippen LogP contribution is -2.47. The van der Waals surface area contributed by atoms with Gasteiger partial charge in [0.25, 0.3) is 0 Å². The van der Waals surface area contributed by atoms with Gasteiger partial charge in [0.1, 0.15) is 0 Å². The number of carbonyl (C=O) groups is 2. The molecule has 5 nitrogen and oxygen atoms in total. The van der Waals surface area contributed by atoms with Gasteiger partial charge in [-0.3, -0.25) is 19.4 Å². The molecule has 2 unspecified atom stereocenters. The van der Waals surface area contributed by atoms with Crippen molar-refractivity contribution in [2.45, 2.75) is 19.3 Å². The van der Waals surface area contributed by atoms with Crippen LogP contribution in [0.3, 0.4) is 0 Å². The minimum Gasteiger partial charge on any atom is -0.369 e. The lowest BCUT2D eigenvalue weighted by atomic mass is 9.85. The van der Waals surface area contributed by atoms with Gasteiger partial charge in [0.05, 0.1) is 11.8 Å². The molecule has 0 bridgehead atoms.